The van der Waals surface area contributed by atoms with Gasteiger partial charge in [-0.05, 0) is 46.7 Å². The van der Waals surface area contributed by atoms with Gasteiger partial charge in [-0.1, -0.05) is 40.7 Å². The van der Waals surface area contributed by atoms with Crippen LogP contribution in [-0.2, 0) is 5.41 Å². The van der Waals surface area contributed by atoms with E-state index in [-0.39, 0.29) is 5.41 Å². The number of benzene rings is 2. The molecular weight excluding hydrogens is 308 g/mol. The second kappa shape index (κ2) is 5.45. The summed E-state index contributed by atoms with van der Waals surface area (Å²) in [6, 6.07) is 10.8. The molecule has 0 saturated heterocycles. The summed E-state index contributed by atoms with van der Waals surface area (Å²) in [6.07, 6.45) is 1.76. The Bertz CT molecular complexity index is 1060. The van der Waals surface area contributed by atoms with E-state index in [0.29, 0.717) is 5.92 Å². The van der Waals surface area contributed by atoms with E-state index >= 15 is 0 Å². The van der Waals surface area contributed by atoms with Gasteiger partial charge in [-0.3, -0.25) is 0 Å². The molecule has 0 unspecified atom stereocenters. The van der Waals surface area contributed by atoms with Crippen molar-refractivity contribution in [2.75, 3.05) is 0 Å². The van der Waals surface area contributed by atoms with E-state index in [1.807, 2.05) is 0 Å². The lowest BCUT2D eigenvalue weighted by Crippen LogP contribution is -2.10. The fraction of sp³-hybridized carbons (Fsp3) is 0.333. The van der Waals surface area contributed by atoms with Gasteiger partial charge < -0.3 is 9.97 Å². The van der Waals surface area contributed by atoms with Gasteiger partial charge in [-0.2, -0.15) is 0 Å². The van der Waals surface area contributed by atoms with Crippen molar-refractivity contribution in [1.82, 2.24) is 19.9 Å². The molecule has 2 aromatic heterocycles. The molecule has 0 aliphatic rings. The maximum absolute atomic E-state index is 4.81. The Labute approximate surface area is 147 Å². The largest absolute Gasteiger partial charge is 0.345 e. The molecule has 0 aliphatic heterocycles. The number of hydrogen-bond acceptors (Lipinski definition) is 2. The summed E-state index contributed by atoms with van der Waals surface area (Å²) in [6.45, 7) is 11.1. The van der Waals surface area contributed by atoms with E-state index in [2.05, 4.69) is 79.9 Å². The molecule has 4 rings (SSSR count). The van der Waals surface area contributed by atoms with Crippen LogP contribution in [0.1, 0.15) is 51.7 Å². The molecule has 0 amide bonds. The van der Waals surface area contributed by atoms with Crippen LogP contribution < -0.4 is 0 Å². The molecule has 2 aromatic carbocycles. The van der Waals surface area contributed by atoms with E-state index in [9.17, 15) is 0 Å². The van der Waals surface area contributed by atoms with Gasteiger partial charge in [0.15, 0.2) is 0 Å². The van der Waals surface area contributed by atoms with Gasteiger partial charge in [0.1, 0.15) is 5.82 Å². The minimum Gasteiger partial charge on any atom is -0.345 e. The Kier molecular flexibility index (Phi) is 3.46. The Morgan fingerprint density at radius 3 is 2.52 bits per heavy atom. The molecule has 0 saturated carbocycles. The van der Waals surface area contributed by atoms with Gasteiger partial charge in [0.05, 0.1) is 28.4 Å². The molecule has 0 aliphatic carbocycles. The third kappa shape index (κ3) is 2.72. The highest BCUT2D eigenvalue weighted by atomic mass is 14.9. The zero-order chi connectivity index (χ0) is 17.8. The summed E-state index contributed by atoms with van der Waals surface area (Å²) in [4.78, 5) is 16.0. The molecule has 4 aromatic rings. The predicted molar refractivity (Wildman–Crippen MR) is 104 cm³/mol. The van der Waals surface area contributed by atoms with Crippen LogP contribution in [0, 0.1) is 0 Å². The van der Waals surface area contributed by atoms with Crippen molar-refractivity contribution in [2.24, 2.45) is 0 Å². The van der Waals surface area contributed by atoms with Crippen LogP contribution in [0.4, 0.5) is 0 Å². The molecule has 0 spiro atoms. The van der Waals surface area contributed by atoms with Crippen molar-refractivity contribution >= 4 is 22.1 Å². The first kappa shape index (κ1) is 15.9. The maximum Gasteiger partial charge on any atom is 0.138 e. The summed E-state index contributed by atoms with van der Waals surface area (Å²) in [5.74, 6) is 1.31. The highest BCUT2D eigenvalue weighted by Gasteiger charge is 2.16. The smallest absolute Gasteiger partial charge is 0.138 e. The maximum atomic E-state index is 4.81. The summed E-state index contributed by atoms with van der Waals surface area (Å²) in [7, 11) is 0. The molecule has 4 heteroatoms. The van der Waals surface area contributed by atoms with E-state index in [4.69, 9.17) is 4.98 Å². The van der Waals surface area contributed by atoms with Gasteiger partial charge in [0.2, 0.25) is 0 Å². The number of fused-ring (bicyclic) bond motifs is 2. The average Bonchev–Trinajstić information content (AvgIpc) is 3.18. The quantitative estimate of drug-likeness (QED) is 0.507. The zero-order valence-corrected chi connectivity index (χ0v) is 15.4. The lowest BCUT2D eigenvalue weighted by atomic mass is 9.87. The van der Waals surface area contributed by atoms with E-state index in [1.54, 1.807) is 6.33 Å². The first-order valence-electron chi connectivity index (χ1n) is 8.80. The number of nitrogens with one attached hydrogen (secondary N) is 2. The molecule has 2 N–H and O–H groups in total. The second-order valence-corrected chi connectivity index (χ2v) is 8.09. The standard InChI is InChI=1S/C21H24N4/c1-12(2)15-8-13(9-18-19(15)23-11-22-18)20-24-16-7-6-14(21(3,4)5)10-17(16)25-20/h6-12H,1-5H3,(H,22,23)(H,24,25). The van der Waals surface area contributed by atoms with Crippen LogP contribution in [0.2, 0.25) is 0 Å². The minimum atomic E-state index is 0.124. The summed E-state index contributed by atoms with van der Waals surface area (Å²) in [5.41, 5.74) is 7.94. The van der Waals surface area contributed by atoms with Crippen molar-refractivity contribution in [3.8, 4) is 11.4 Å². The van der Waals surface area contributed by atoms with Crippen LogP contribution >= 0.6 is 0 Å². The zero-order valence-electron chi connectivity index (χ0n) is 15.4. The van der Waals surface area contributed by atoms with Gasteiger partial charge in [-0.15, -0.1) is 0 Å². The Balaban J connectivity index is 1.88. The van der Waals surface area contributed by atoms with Crippen molar-refractivity contribution in [3.05, 3.63) is 47.8 Å². The molecule has 0 atom stereocenters. The van der Waals surface area contributed by atoms with Crippen molar-refractivity contribution in [1.29, 1.82) is 0 Å². The molecule has 2 heterocycles. The van der Waals surface area contributed by atoms with E-state index in [1.165, 1.54) is 11.1 Å². The number of imidazole rings is 2. The normalized spacial score (nSPS) is 12.6. The van der Waals surface area contributed by atoms with Crippen LogP contribution in [0.5, 0.6) is 0 Å². The number of nitrogens with zero attached hydrogens (tertiary/aromatic N) is 2. The lowest BCUT2D eigenvalue weighted by molar-refractivity contribution is 0.591. The Hall–Kier alpha value is -2.62. The minimum absolute atomic E-state index is 0.124. The molecule has 128 valence electrons. The number of rotatable bonds is 2. The van der Waals surface area contributed by atoms with Gasteiger partial charge in [-0.25, -0.2) is 9.97 Å². The molecule has 0 fully saturated rings. The monoisotopic (exact) mass is 332 g/mol. The van der Waals surface area contributed by atoms with Crippen molar-refractivity contribution in [2.45, 2.75) is 46.0 Å². The summed E-state index contributed by atoms with van der Waals surface area (Å²) in [5, 5.41) is 0. The molecule has 25 heavy (non-hydrogen) atoms. The second-order valence-electron chi connectivity index (χ2n) is 8.09. The third-order valence-corrected chi connectivity index (χ3v) is 4.80. The van der Waals surface area contributed by atoms with Gasteiger partial charge >= 0.3 is 0 Å². The SMILES string of the molecule is CC(C)c1cc(-c2nc3ccc(C(C)(C)C)cc3[nH]2)cc2[nH]cnc12. The average molecular weight is 332 g/mol. The van der Waals surface area contributed by atoms with Gasteiger partial charge in [0.25, 0.3) is 0 Å². The third-order valence-electron chi connectivity index (χ3n) is 4.80. The Morgan fingerprint density at radius 2 is 1.80 bits per heavy atom. The molecule has 0 bridgehead atoms. The van der Waals surface area contributed by atoms with Crippen molar-refractivity contribution in [3.63, 3.8) is 0 Å². The molecular formula is C21H24N4. The fourth-order valence-electron chi connectivity index (χ4n) is 3.27. The van der Waals surface area contributed by atoms with Crippen LogP contribution in [0.15, 0.2) is 36.7 Å². The van der Waals surface area contributed by atoms with E-state index < -0.39 is 0 Å². The predicted octanol–water partition coefficient (Wildman–Crippen LogP) is 5.53. The highest BCUT2D eigenvalue weighted by Crippen LogP contribution is 2.31. The first-order valence-corrected chi connectivity index (χ1v) is 8.80. The number of H-pyrrole nitrogens is 2. The van der Waals surface area contributed by atoms with Crippen LogP contribution in [0.25, 0.3) is 33.5 Å². The lowest BCUT2D eigenvalue weighted by Gasteiger charge is -2.18. The van der Waals surface area contributed by atoms with E-state index in [0.717, 1.165) is 33.5 Å². The fourth-order valence-corrected chi connectivity index (χ4v) is 3.27. The van der Waals surface area contributed by atoms with Crippen LogP contribution in [-0.4, -0.2) is 19.9 Å². The molecule has 0 radical (unpaired) electrons. The summed E-state index contributed by atoms with van der Waals surface area (Å²) >= 11 is 0. The number of aromatic amines is 2. The van der Waals surface area contributed by atoms with Crippen molar-refractivity contribution < 1.29 is 0 Å². The highest BCUT2D eigenvalue weighted by molar-refractivity contribution is 5.86. The Morgan fingerprint density at radius 1 is 1.00 bits per heavy atom. The van der Waals surface area contributed by atoms with Crippen LogP contribution in [0.3, 0.4) is 0 Å². The molecule has 4 nitrogen and oxygen atoms in total. The number of hydrogen-bond donors (Lipinski definition) is 2. The first-order chi connectivity index (χ1) is 11.8. The topological polar surface area (TPSA) is 57.4 Å². The van der Waals surface area contributed by atoms with Gasteiger partial charge in [0, 0.05) is 5.56 Å². The number of aromatic nitrogens is 4. The summed E-state index contributed by atoms with van der Waals surface area (Å²) < 4.78 is 0.